The van der Waals surface area contributed by atoms with Crippen molar-refractivity contribution >= 4 is 5.97 Å². The normalized spacial score (nSPS) is 4.17. The summed E-state index contributed by atoms with van der Waals surface area (Å²) < 4.78 is 0. The van der Waals surface area contributed by atoms with Gasteiger partial charge in [0.25, 0.3) is 5.97 Å². The van der Waals surface area contributed by atoms with Gasteiger partial charge in [0.2, 0.25) is 0 Å². The number of carbonyl (C=O) groups is 1. The van der Waals surface area contributed by atoms with Gasteiger partial charge in [-0.1, -0.05) is 0 Å². The molecule has 0 saturated carbocycles. The van der Waals surface area contributed by atoms with Gasteiger partial charge in [-0.2, -0.15) is 0 Å². The molecule has 3 nitrogen and oxygen atoms in total. The van der Waals surface area contributed by atoms with Crippen LogP contribution in [0.2, 0.25) is 0 Å². The summed E-state index contributed by atoms with van der Waals surface area (Å²) in [5.41, 5.74) is 0. The summed E-state index contributed by atoms with van der Waals surface area (Å²) in [7, 11) is 0. The summed E-state index contributed by atoms with van der Waals surface area (Å²) >= 11 is 0. The number of carboxylic acids is 1. The van der Waals surface area contributed by atoms with E-state index in [1.807, 2.05) is 0 Å². The molecule has 38 valence electrons. The Labute approximate surface area is 66.5 Å². The fraction of sp³-hybridized carbons (Fsp3) is 0.500. The molecule has 0 aromatic carbocycles. The molecular formula is C2H6O3Tb+3. The third kappa shape index (κ3) is 127. The van der Waals surface area contributed by atoms with Gasteiger partial charge in [0.1, 0.15) is 0 Å². The second kappa shape index (κ2) is 9.21. The minimum atomic E-state index is -0.833. The van der Waals surface area contributed by atoms with Crippen molar-refractivity contribution in [3.05, 3.63) is 0 Å². The van der Waals surface area contributed by atoms with E-state index in [9.17, 15) is 0 Å². The van der Waals surface area contributed by atoms with E-state index in [2.05, 4.69) is 0 Å². The SMILES string of the molecule is CC(=O)O.O.[Tb+3]. The topological polar surface area (TPSA) is 68.8 Å². The van der Waals surface area contributed by atoms with Crippen molar-refractivity contribution < 1.29 is 54.0 Å². The molecule has 0 aliphatic rings. The number of hydrogen-bond donors (Lipinski definition) is 1. The second-order valence-electron chi connectivity index (χ2n) is 0.519. The average Bonchev–Trinajstić information content (AvgIpc) is 0.811. The number of hydrogen-bond acceptors (Lipinski definition) is 1. The van der Waals surface area contributed by atoms with E-state index in [-0.39, 0.29) is 44.1 Å². The number of rotatable bonds is 0. The van der Waals surface area contributed by atoms with E-state index in [1.165, 1.54) is 0 Å². The summed E-state index contributed by atoms with van der Waals surface area (Å²) in [6, 6.07) is 0. The van der Waals surface area contributed by atoms with Crippen LogP contribution in [0.3, 0.4) is 0 Å². The minimum Gasteiger partial charge on any atom is -0.481 e. The fourth-order valence-electron chi connectivity index (χ4n) is 0. The molecule has 4 heteroatoms. The summed E-state index contributed by atoms with van der Waals surface area (Å²) in [5, 5.41) is 7.42. The van der Waals surface area contributed by atoms with Crippen LogP contribution >= 0.6 is 0 Å². The van der Waals surface area contributed by atoms with Gasteiger partial charge < -0.3 is 10.6 Å². The molecule has 0 amide bonds. The van der Waals surface area contributed by atoms with Crippen LogP contribution in [0.4, 0.5) is 0 Å². The van der Waals surface area contributed by atoms with E-state index in [0.717, 1.165) is 6.92 Å². The van der Waals surface area contributed by atoms with E-state index >= 15 is 0 Å². The molecule has 0 unspecified atom stereocenters. The Balaban J connectivity index is -0.0000000450. The van der Waals surface area contributed by atoms with Crippen LogP contribution in [-0.4, -0.2) is 16.6 Å². The Bertz CT molecular complexity index is 31.8. The van der Waals surface area contributed by atoms with Gasteiger partial charge in [-0.05, 0) is 0 Å². The molecular weight excluding hydrogens is 231 g/mol. The third-order valence-electron chi connectivity index (χ3n) is 0. The van der Waals surface area contributed by atoms with Crippen molar-refractivity contribution in [2.45, 2.75) is 6.92 Å². The molecule has 0 bridgehead atoms. The van der Waals surface area contributed by atoms with E-state index < -0.39 is 5.97 Å². The van der Waals surface area contributed by atoms with E-state index in [0.29, 0.717) is 0 Å². The maximum atomic E-state index is 9.00. The average molecular weight is 237 g/mol. The first-order valence-electron chi connectivity index (χ1n) is 0.928. The molecule has 3 N–H and O–H groups in total. The Morgan fingerprint density at radius 1 is 1.67 bits per heavy atom. The maximum absolute atomic E-state index is 9.00. The third-order valence-corrected chi connectivity index (χ3v) is 0. The molecule has 0 aliphatic carbocycles. The Morgan fingerprint density at radius 3 is 1.67 bits per heavy atom. The zero-order chi connectivity index (χ0) is 3.58. The molecule has 0 saturated heterocycles. The summed E-state index contributed by atoms with van der Waals surface area (Å²) in [5.74, 6) is -0.833. The van der Waals surface area contributed by atoms with Crippen molar-refractivity contribution in [2.75, 3.05) is 0 Å². The van der Waals surface area contributed by atoms with Crippen molar-refractivity contribution in [2.24, 2.45) is 0 Å². The Kier molecular flexibility index (Phi) is 24.4. The first kappa shape index (κ1) is 15.9. The van der Waals surface area contributed by atoms with Crippen molar-refractivity contribution in [3.8, 4) is 0 Å². The van der Waals surface area contributed by atoms with Crippen LogP contribution in [0, 0.1) is 38.6 Å². The van der Waals surface area contributed by atoms with Gasteiger partial charge in [0, 0.05) is 6.92 Å². The maximum Gasteiger partial charge on any atom is 3.00 e. The van der Waals surface area contributed by atoms with Gasteiger partial charge in [0.05, 0.1) is 0 Å². The van der Waals surface area contributed by atoms with Crippen molar-refractivity contribution in [3.63, 3.8) is 0 Å². The van der Waals surface area contributed by atoms with Gasteiger partial charge in [-0.15, -0.1) is 0 Å². The molecule has 6 heavy (non-hydrogen) atoms. The van der Waals surface area contributed by atoms with Gasteiger partial charge in [-0.25, -0.2) is 0 Å². The molecule has 0 atom stereocenters. The molecule has 0 aromatic heterocycles. The fourth-order valence-corrected chi connectivity index (χ4v) is 0. The van der Waals surface area contributed by atoms with Crippen molar-refractivity contribution in [1.29, 1.82) is 0 Å². The molecule has 0 aromatic rings. The van der Waals surface area contributed by atoms with Crippen LogP contribution in [0.1, 0.15) is 6.92 Å². The van der Waals surface area contributed by atoms with Crippen LogP contribution in [-0.2, 0) is 4.79 Å². The summed E-state index contributed by atoms with van der Waals surface area (Å²) in [4.78, 5) is 9.00. The molecule has 0 heterocycles. The zero-order valence-electron chi connectivity index (χ0n) is 3.19. The van der Waals surface area contributed by atoms with E-state index in [1.54, 1.807) is 0 Å². The molecule has 0 aliphatic heterocycles. The Morgan fingerprint density at radius 2 is 1.67 bits per heavy atom. The first-order chi connectivity index (χ1) is 1.73. The second-order valence-corrected chi connectivity index (χ2v) is 0.519. The molecule has 0 rings (SSSR count). The molecule has 0 fully saturated rings. The van der Waals surface area contributed by atoms with Crippen LogP contribution < -0.4 is 0 Å². The summed E-state index contributed by atoms with van der Waals surface area (Å²) in [6.45, 7) is 1.08. The van der Waals surface area contributed by atoms with Crippen LogP contribution in [0.15, 0.2) is 0 Å². The largest absolute Gasteiger partial charge is 3.00 e. The molecule has 0 spiro atoms. The molecule has 0 radical (unpaired) electrons. The van der Waals surface area contributed by atoms with Crippen LogP contribution in [0.5, 0.6) is 0 Å². The van der Waals surface area contributed by atoms with Crippen molar-refractivity contribution in [1.82, 2.24) is 0 Å². The predicted molar refractivity (Wildman–Crippen MR) is 16.9 cm³/mol. The Hall–Kier alpha value is 0.716. The first-order valence-corrected chi connectivity index (χ1v) is 0.928. The van der Waals surface area contributed by atoms with Gasteiger partial charge >= 0.3 is 38.6 Å². The van der Waals surface area contributed by atoms with Gasteiger partial charge in [-0.3, -0.25) is 4.79 Å². The zero-order valence-corrected chi connectivity index (χ0v) is 5.33. The van der Waals surface area contributed by atoms with E-state index in [4.69, 9.17) is 9.90 Å². The van der Waals surface area contributed by atoms with Gasteiger partial charge in [0.15, 0.2) is 0 Å². The summed E-state index contributed by atoms with van der Waals surface area (Å²) in [6.07, 6.45) is 0. The predicted octanol–water partition coefficient (Wildman–Crippen LogP) is -0.734. The quantitative estimate of drug-likeness (QED) is 0.603. The number of carboxylic acid groups (broad SMARTS) is 1. The van der Waals surface area contributed by atoms with Crippen LogP contribution in [0.25, 0.3) is 0 Å². The minimum absolute atomic E-state index is 0. The monoisotopic (exact) mass is 237 g/mol. The standard InChI is InChI=1S/C2H4O2.H2O.Tb/c1-2(3)4;;/h1H3,(H,3,4);1H2;/q;;+3. The number of aliphatic carboxylic acids is 1. The smallest absolute Gasteiger partial charge is 0.481 e.